The first kappa shape index (κ1) is 5.26. The fourth-order valence-electron chi connectivity index (χ4n) is 0.365. The first-order valence-corrected chi connectivity index (χ1v) is 2.90. The molecule has 0 fully saturated rings. The van der Waals surface area contributed by atoms with Crippen molar-refractivity contribution in [3.05, 3.63) is 16.1 Å². The van der Waals surface area contributed by atoms with Gasteiger partial charge in [-0.2, -0.15) is 5.26 Å². The molecule has 1 heterocycles. The van der Waals surface area contributed by atoms with Crippen molar-refractivity contribution in [3.63, 3.8) is 0 Å². The van der Waals surface area contributed by atoms with Gasteiger partial charge in [0.25, 0.3) is 0 Å². The largest absolute Gasteiger partial charge is 0.237 e. The molecule has 1 aromatic rings. The predicted molar refractivity (Wildman–Crippen MR) is 30.4 cm³/mol. The molecule has 1 radical (unpaired) electrons. The van der Waals surface area contributed by atoms with E-state index in [1.165, 1.54) is 11.3 Å². The molecule has 0 aromatic carbocycles. The van der Waals surface area contributed by atoms with Gasteiger partial charge in [-0.1, -0.05) is 0 Å². The standard InChI is InChI=1S/C5H3N2S/c1-4-5(2-6)8-3-7-4/h1H3. The highest BCUT2D eigenvalue weighted by Crippen LogP contribution is 2.07. The van der Waals surface area contributed by atoms with E-state index in [0.717, 1.165) is 5.69 Å². The average molecular weight is 123 g/mol. The van der Waals surface area contributed by atoms with Gasteiger partial charge in [-0.3, -0.25) is 0 Å². The molecule has 0 saturated heterocycles. The van der Waals surface area contributed by atoms with Crippen LogP contribution in [0.25, 0.3) is 0 Å². The molecule has 0 saturated carbocycles. The van der Waals surface area contributed by atoms with Crippen molar-refractivity contribution in [2.75, 3.05) is 0 Å². The number of aromatic nitrogens is 1. The Hall–Kier alpha value is -0.880. The number of aryl methyl sites for hydroxylation is 1. The Kier molecular flexibility index (Phi) is 1.27. The molecule has 0 spiro atoms. The van der Waals surface area contributed by atoms with Gasteiger partial charge in [0.1, 0.15) is 10.9 Å². The maximum atomic E-state index is 8.31. The molecule has 0 atom stereocenters. The first-order valence-electron chi connectivity index (χ1n) is 2.08. The molecule has 0 N–H and O–H groups in total. The second kappa shape index (κ2) is 1.93. The minimum atomic E-state index is 0.657. The lowest BCUT2D eigenvalue weighted by molar-refractivity contribution is 1.24. The van der Waals surface area contributed by atoms with Crippen LogP contribution < -0.4 is 0 Å². The van der Waals surface area contributed by atoms with Crippen molar-refractivity contribution in [3.8, 4) is 6.07 Å². The second-order valence-electron chi connectivity index (χ2n) is 1.33. The van der Waals surface area contributed by atoms with Crippen molar-refractivity contribution in [1.29, 1.82) is 5.26 Å². The third kappa shape index (κ3) is 0.703. The van der Waals surface area contributed by atoms with E-state index in [2.05, 4.69) is 10.5 Å². The Morgan fingerprint density at radius 3 is 2.88 bits per heavy atom. The summed E-state index contributed by atoms with van der Waals surface area (Å²) in [6.45, 7) is 1.80. The average Bonchev–Trinajstić information content (AvgIpc) is 2.14. The summed E-state index contributed by atoms with van der Waals surface area (Å²) >= 11 is 1.25. The highest BCUT2D eigenvalue weighted by atomic mass is 32.1. The van der Waals surface area contributed by atoms with E-state index in [1.807, 2.05) is 6.07 Å². The lowest BCUT2D eigenvalue weighted by Crippen LogP contribution is -1.70. The molecule has 1 aromatic heterocycles. The summed E-state index contributed by atoms with van der Waals surface area (Å²) in [5.41, 5.74) is 3.39. The molecule has 39 valence electrons. The molecular weight excluding hydrogens is 120 g/mol. The third-order valence-electron chi connectivity index (χ3n) is 0.791. The van der Waals surface area contributed by atoms with Gasteiger partial charge < -0.3 is 0 Å². The second-order valence-corrected chi connectivity index (χ2v) is 2.13. The first-order chi connectivity index (χ1) is 3.84. The predicted octanol–water partition coefficient (Wildman–Crippen LogP) is 1.12. The number of nitriles is 1. The lowest BCUT2D eigenvalue weighted by atomic mass is 10.4. The topological polar surface area (TPSA) is 36.7 Å². The summed E-state index contributed by atoms with van der Waals surface area (Å²) in [5, 5.41) is 8.31. The Morgan fingerprint density at radius 2 is 2.62 bits per heavy atom. The van der Waals surface area contributed by atoms with E-state index in [9.17, 15) is 0 Å². The van der Waals surface area contributed by atoms with Gasteiger partial charge in [0.2, 0.25) is 0 Å². The number of hydrogen-bond donors (Lipinski definition) is 0. The molecule has 0 aliphatic rings. The zero-order valence-electron chi connectivity index (χ0n) is 4.30. The lowest BCUT2D eigenvalue weighted by Gasteiger charge is -1.74. The van der Waals surface area contributed by atoms with Crippen LogP contribution in [0.4, 0.5) is 0 Å². The van der Waals surface area contributed by atoms with Gasteiger partial charge in [0.05, 0.1) is 5.69 Å². The van der Waals surface area contributed by atoms with Crippen LogP contribution in [-0.4, -0.2) is 4.98 Å². The number of rotatable bonds is 0. The Bertz CT molecular complexity index is 221. The van der Waals surface area contributed by atoms with E-state index in [0.29, 0.717) is 4.88 Å². The van der Waals surface area contributed by atoms with Crippen LogP contribution in [0.5, 0.6) is 0 Å². The molecule has 2 nitrogen and oxygen atoms in total. The van der Waals surface area contributed by atoms with Crippen LogP contribution in [-0.2, 0) is 0 Å². The number of thiazole rings is 1. The van der Waals surface area contributed by atoms with Crippen LogP contribution in [0.15, 0.2) is 0 Å². The van der Waals surface area contributed by atoms with Crippen molar-refractivity contribution < 1.29 is 0 Å². The maximum absolute atomic E-state index is 8.31. The Labute approximate surface area is 51.4 Å². The number of nitrogens with zero attached hydrogens (tertiary/aromatic N) is 2. The molecule has 0 unspecified atom stereocenters. The summed E-state index contributed by atoms with van der Waals surface area (Å²) < 4.78 is 0. The van der Waals surface area contributed by atoms with Gasteiger partial charge >= 0.3 is 0 Å². The van der Waals surface area contributed by atoms with Gasteiger partial charge in [0, 0.05) is 0 Å². The van der Waals surface area contributed by atoms with Crippen LogP contribution in [0.2, 0.25) is 0 Å². The Morgan fingerprint density at radius 1 is 1.88 bits per heavy atom. The fourth-order valence-corrected chi connectivity index (χ4v) is 0.878. The van der Waals surface area contributed by atoms with E-state index in [1.54, 1.807) is 6.92 Å². The van der Waals surface area contributed by atoms with E-state index >= 15 is 0 Å². The van der Waals surface area contributed by atoms with Gasteiger partial charge in [-0.05, 0) is 6.92 Å². The highest BCUT2D eigenvalue weighted by molar-refractivity contribution is 7.09. The fraction of sp³-hybridized carbons (Fsp3) is 0.200. The van der Waals surface area contributed by atoms with Crippen molar-refractivity contribution in [1.82, 2.24) is 4.98 Å². The SMILES string of the molecule is Cc1n[c]sc1C#N. The monoisotopic (exact) mass is 123 g/mol. The summed E-state index contributed by atoms with van der Waals surface area (Å²) in [4.78, 5) is 4.42. The molecule has 3 heteroatoms. The van der Waals surface area contributed by atoms with Gasteiger partial charge in [-0.25, -0.2) is 4.98 Å². The smallest absolute Gasteiger partial charge is 0.153 e. The molecule has 1 rings (SSSR count). The van der Waals surface area contributed by atoms with Crippen LogP contribution >= 0.6 is 11.3 Å². The normalized spacial score (nSPS) is 8.50. The zero-order valence-corrected chi connectivity index (χ0v) is 5.12. The minimum absolute atomic E-state index is 0.657. The van der Waals surface area contributed by atoms with Crippen LogP contribution in [0.1, 0.15) is 10.6 Å². The van der Waals surface area contributed by atoms with Crippen molar-refractivity contribution >= 4 is 11.3 Å². The van der Waals surface area contributed by atoms with E-state index in [4.69, 9.17) is 5.26 Å². The molecule has 0 aliphatic carbocycles. The number of hydrogen-bond acceptors (Lipinski definition) is 3. The summed E-state index contributed by atoms with van der Waals surface area (Å²) in [7, 11) is 0. The van der Waals surface area contributed by atoms with Crippen molar-refractivity contribution in [2.45, 2.75) is 6.92 Å². The Balaban J connectivity index is 3.15. The maximum Gasteiger partial charge on any atom is 0.153 e. The van der Waals surface area contributed by atoms with Gasteiger partial charge in [0.15, 0.2) is 5.51 Å². The molecule has 0 amide bonds. The third-order valence-corrected chi connectivity index (χ3v) is 1.56. The highest BCUT2D eigenvalue weighted by Gasteiger charge is 1.96. The van der Waals surface area contributed by atoms with E-state index in [-0.39, 0.29) is 0 Å². The summed E-state index contributed by atoms with van der Waals surface area (Å²) in [6, 6.07) is 2.00. The molecule has 0 bridgehead atoms. The summed E-state index contributed by atoms with van der Waals surface area (Å²) in [5.74, 6) is 0. The molecule has 8 heavy (non-hydrogen) atoms. The van der Waals surface area contributed by atoms with Crippen LogP contribution in [0, 0.1) is 23.8 Å². The zero-order chi connectivity index (χ0) is 5.98. The summed E-state index contributed by atoms with van der Waals surface area (Å²) in [6.07, 6.45) is 0. The van der Waals surface area contributed by atoms with E-state index < -0.39 is 0 Å². The minimum Gasteiger partial charge on any atom is -0.237 e. The van der Waals surface area contributed by atoms with Crippen molar-refractivity contribution in [2.24, 2.45) is 0 Å². The van der Waals surface area contributed by atoms with Crippen LogP contribution in [0.3, 0.4) is 0 Å². The van der Waals surface area contributed by atoms with Gasteiger partial charge in [-0.15, -0.1) is 11.3 Å². The quantitative estimate of drug-likeness (QED) is 0.518. The molecule has 0 aliphatic heterocycles. The molecular formula is C5H3N2S.